The zero-order valence-corrected chi connectivity index (χ0v) is 8.55. The minimum Gasteiger partial charge on any atom is -0.302 e. The second-order valence-electron chi connectivity index (χ2n) is 2.72. The first-order valence-corrected chi connectivity index (χ1v) is 5.32. The molecule has 0 aliphatic carbocycles. The van der Waals surface area contributed by atoms with Crippen LogP contribution in [0.4, 0.5) is 0 Å². The lowest BCUT2D eigenvalue weighted by atomic mass is 10.2. The van der Waals surface area contributed by atoms with Crippen LogP contribution in [0.25, 0.3) is 10.9 Å². The molecule has 0 spiro atoms. The number of aromatic nitrogens is 1. The van der Waals surface area contributed by atoms with Crippen molar-refractivity contribution < 1.29 is 8.76 Å². The van der Waals surface area contributed by atoms with Crippen molar-refractivity contribution in [2.75, 3.05) is 0 Å². The van der Waals surface area contributed by atoms with Gasteiger partial charge in [-0.1, -0.05) is 11.6 Å². The molecule has 0 radical (unpaired) electrons. The summed E-state index contributed by atoms with van der Waals surface area (Å²) in [5.74, 6) is 0. The van der Waals surface area contributed by atoms with Crippen molar-refractivity contribution in [3.8, 4) is 0 Å². The lowest BCUT2D eigenvalue weighted by molar-refractivity contribution is 0.564. The molecule has 3 nitrogen and oxygen atoms in total. The van der Waals surface area contributed by atoms with Crippen molar-refractivity contribution in [2.45, 2.75) is 4.90 Å². The van der Waals surface area contributed by atoms with E-state index in [0.717, 1.165) is 0 Å². The van der Waals surface area contributed by atoms with Gasteiger partial charge in [-0.15, -0.1) is 0 Å². The highest BCUT2D eigenvalue weighted by atomic mass is 35.5. The molecule has 1 aromatic heterocycles. The normalized spacial score (nSPS) is 13.0. The molecule has 1 heterocycles. The van der Waals surface area contributed by atoms with Crippen LogP contribution < -0.4 is 0 Å². The zero-order chi connectivity index (χ0) is 10.1. The maximum atomic E-state index is 10.8. The predicted molar refractivity (Wildman–Crippen MR) is 55.8 cm³/mol. The van der Waals surface area contributed by atoms with Gasteiger partial charge in [-0.25, -0.2) is 4.21 Å². The van der Waals surface area contributed by atoms with Gasteiger partial charge in [0.15, 0.2) is 11.1 Å². The quantitative estimate of drug-likeness (QED) is 0.762. The maximum Gasteiger partial charge on any atom is 0.186 e. The monoisotopic (exact) mass is 227 g/mol. The number of fused-ring (bicyclic) bond motifs is 1. The van der Waals surface area contributed by atoms with Gasteiger partial charge in [0.1, 0.15) is 0 Å². The molecule has 0 saturated heterocycles. The standard InChI is InChI=1S/C9H6ClNO2S/c10-8-3-4-11-9-2-1-6(14(12)13)5-7(8)9/h1-5H,(H,12,13). The fraction of sp³-hybridized carbons (Fsp3) is 0. The SMILES string of the molecule is O=S(O)c1ccc2nccc(Cl)c2c1. The molecule has 5 heteroatoms. The van der Waals surface area contributed by atoms with Crippen molar-refractivity contribution in [2.24, 2.45) is 0 Å². The van der Waals surface area contributed by atoms with E-state index >= 15 is 0 Å². The van der Waals surface area contributed by atoms with Crippen LogP contribution in [0.2, 0.25) is 5.02 Å². The Bertz CT molecular complexity index is 515. The van der Waals surface area contributed by atoms with Gasteiger partial charge in [-0.3, -0.25) is 4.98 Å². The molecule has 0 saturated carbocycles. The smallest absolute Gasteiger partial charge is 0.186 e. The van der Waals surface area contributed by atoms with Crippen molar-refractivity contribution in [3.63, 3.8) is 0 Å². The number of hydrogen-bond donors (Lipinski definition) is 1. The molecule has 2 rings (SSSR count). The van der Waals surface area contributed by atoms with Gasteiger partial charge in [0.25, 0.3) is 0 Å². The Hall–Kier alpha value is -0.970. The summed E-state index contributed by atoms with van der Waals surface area (Å²) < 4.78 is 19.7. The minimum atomic E-state index is -1.98. The van der Waals surface area contributed by atoms with E-state index in [2.05, 4.69) is 4.98 Å². The number of pyridine rings is 1. The first kappa shape index (κ1) is 9.58. The van der Waals surface area contributed by atoms with Crippen LogP contribution >= 0.6 is 11.6 Å². The Morgan fingerprint density at radius 1 is 1.36 bits per heavy atom. The molecule has 1 N–H and O–H groups in total. The summed E-state index contributed by atoms with van der Waals surface area (Å²) in [6.45, 7) is 0. The summed E-state index contributed by atoms with van der Waals surface area (Å²) in [5, 5.41) is 1.22. The summed E-state index contributed by atoms with van der Waals surface area (Å²) >= 11 is 3.93. The van der Waals surface area contributed by atoms with Gasteiger partial charge in [0.05, 0.1) is 15.4 Å². The van der Waals surface area contributed by atoms with Gasteiger partial charge >= 0.3 is 0 Å². The lowest BCUT2D eigenvalue weighted by Gasteiger charge is -2.00. The van der Waals surface area contributed by atoms with E-state index in [9.17, 15) is 4.21 Å². The average Bonchev–Trinajstić information content (AvgIpc) is 2.18. The highest BCUT2D eigenvalue weighted by molar-refractivity contribution is 7.79. The minimum absolute atomic E-state index is 0.326. The second-order valence-corrected chi connectivity index (χ2v) is 4.10. The highest BCUT2D eigenvalue weighted by Gasteiger charge is 2.04. The summed E-state index contributed by atoms with van der Waals surface area (Å²) in [6.07, 6.45) is 1.60. The second kappa shape index (κ2) is 3.65. The van der Waals surface area contributed by atoms with E-state index < -0.39 is 11.1 Å². The summed E-state index contributed by atoms with van der Waals surface area (Å²) in [7, 11) is 0. The molecule has 0 aliphatic heterocycles. The zero-order valence-electron chi connectivity index (χ0n) is 6.98. The number of hydrogen-bond acceptors (Lipinski definition) is 2. The van der Waals surface area contributed by atoms with Gasteiger partial charge in [0, 0.05) is 11.6 Å². The number of halogens is 1. The molecule has 1 unspecified atom stereocenters. The molecule has 0 amide bonds. The van der Waals surface area contributed by atoms with Crippen LogP contribution in [0, 0.1) is 0 Å². The first-order valence-electron chi connectivity index (χ1n) is 3.83. The lowest BCUT2D eigenvalue weighted by Crippen LogP contribution is -1.88. The van der Waals surface area contributed by atoms with E-state index in [4.69, 9.17) is 16.2 Å². The number of benzene rings is 1. The molecule has 0 fully saturated rings. The third-order valence-corrected chi connectivity index (χ3v) is 2.85. The predicted octanol–water partition coefficient (Wildman–Crippen LogP) is 2.47. The van der Waals surface area contributed by atoms with Crippen molar-refractivity contribution in [1.82, 2.24) is 4.98 Å². The molecule has 14 heavy (non-hydrogen) atoms. The van der Waals surface area contributed by atoms with Crippen molar-refractivity contribution in [1.29, 1.82) is 0 Å². The maximum absolute atomic E-state index is 10.8. The third kappa shape index (κ3) is 1.64. The van der Waals surface area contributed by atoms with Crippen LogP contribution in [0.3, 0.4) is 0 Å². The van der Waals surface area contributed by atoms with Gasteiger partial charge in [-0.2, -0.15) is 0 Å². The van der Waals surface area contributed by atoms with Crippen molar-refractivity contribution in [3.05, 3.63) is 35.5 Å². The van der Waals surface area contributed by atoms with E-state index in [1.807, 2.05) is 0 Å². The van der Waals surface area contributed by atoms with E-state index in [1.54, 1.807) is 30.5 Å². The fourth-order valence-corrected chi connectivity index (χ4v) is 1.81. The Balaban J connectivity index is 2.76. The molecule has 0 bridgehead atoms. The Kier molecular flexibility index (Phi) is 2.50. The van der Waals surface area contributed by atoms with Gasteiger partial charge < -0.3 is 4.55 Å². The molecule has 1 aromatic carbocycles. The third-order valence-electron chi connectivity index (χ3n) is 1.86. The Morgan fingerprint density at radius 2 is 2.14 bits per heavy atom. The molecule has 72 valence electrons. The van der Waals surface area contributed by atoms with Crippen LogP contribution in [0.1, 0.15) is 0 Å². The largest absolute Gasteiger partial charge is 0.302 e. The molecule has 1 atom stereocenters. The highest BCUT2D eigenvalue weighted by Crippen LogP contribution is 2.23. The summed E-state index contributed by atoms with van der Waals surface area (Å²) in [5.41, 5.74) is 0.715. The van der Waals surface area contributed by atoms with Gasteiger partial charge in [0.2, 0.25) is 0 Å². The average molecular weight is 228 g/mol. The first-order chi connectivity index (χ1) is 6.68. The van der Waals surface area contributed by atoms with Gasteiger partial charge in [-0.05, 0) is 24.3 Å². The molecular weight excluding hydrogens is 222 g/mol. The van der Waals surface area contributed by atoms with Crippen LogP contribution in [0.5, 0.6) is 0 Å². The fourth-order valence-electron chi connectivity index (χ4n) is 1.20. The van der Waals surface area contributed by atoms with E-state index in [1.165, 1.54) is 0 Å². The molecule has 2 aromatic rings. The van der Waals surface area contributed by atoms with Crippen LogP contribution in [-0.2, 0) is 11.1 Å². The van der Waals surface area contributed by atoms with Crippen molar-refractivity contribution >= 4 is 33.6 Å². The van der Waals surface area contributed by atoms with Crippen LogP contribution in [0.15, 0.2) is 35.4 Å². The number of nitrogens with zero attached hydrogens (tertiary/aromatic N) is 1. The van der Waals surface area contributed by atoms with E-state index in [0.29, 0.717) is 20.8 Å². The Morgan fingerprint density at radius 3 is 2.86 bits per heavy atom. The van der Waals surface area contributed by atoms with Crippen LogP contribution in [-0.4, -0.2) is 13.7 Å². The van der Waals surface area contributed by atoms with E-state index in [-0.39, 0.29) is 0 Å². The molecular formula is C9H6ClNO2S. The summed E-state index contributed by atoms with van der Waals surface area (Å²) in [6, 6.07) is 6.45. The Labute approximate surface area is 88.0 Å². The molecule has 0 aliphatic rings. The summed E-state index contributed by atoms with van der Waals surface area (Å²) in [4.78, 5) is 4.40. The topological polar surface area (TPSA) is 50.2 Å². The number of rotatable bonds is 1.